The molecule has 4 N–H and O–H groups in total. The molecule has 1 aromatic carbocycles. The number of fused-ring (bicyclic) bond motifs is 1. The van der Waals surface area contributed by atoms with Crippen molar-refractivity contribution in [2.45, 2.75) is 60.3 Å². The van der Waals surface area contributed by atoms with Gasteiger partial charge in [-0.05, 0) is 82.7 Å². The van der Waals surface area contributed by atoms with Gasteiger partial charge in [0.05, 0.1) is 0 Å². The van der Waals surface area contributed by atoms with Crippen molar-refractivity contribution < 1.29 is 4.39 Å². The van der Waals surface area contributed by atoms with E-state index in [-0.39, 0.29) is 5.82 Å². The maximum atomic E-state index is 14.0. The average molecular weight is 328 g/mol. The van der Waals surface area contributed by atoms with Crippen molar-refractivity contribution in [1.29, 1.82) is 0 Å². The van der Waals surface area contributed by atoms with Crippen LogP contribution in [0.5, 0.6) is 0 Å². The minimum absolute atomic E-state index is 0.205. The van der Waals surface area contributed by atoms with Crippen molar-refractivity contribution in [3.63, 3.8) is 0 Å². The molecule has 0 aromatic heterocycles. The molecule has 0 amide bonds. The Balaban J connectivity index is 2.46. The van der Waals surface area contributed by atoms with Gasteiger partial charge >= 0.3 is 0 Å². The fraction of sp³-hybridized carbons (Fsp3) is 0.429. The largest absolute Gasteiger partial charge is 0.402 e. The zero-order valence-corrected chi connectivity index (χ0v) is 15.5. The highest BCUT2D eigenvalue weighted by molar-refractivity contribution is 5.81. The van der Waals surface area contributed by atoms with Crippen LogP contribution in [0.1, 0.15) is 63.6 Å². The molecule has 2 rings (SSSR count). The lowest BCUT2D eigenvalue weighted by atomic mass is 9.81. The minimum atomic E-state index is -0.205. The van der Waals surface area contributed by atoms with Gasteiger partial charge in [0.25, 0.3) is 0 Å². The van der Waals surface area contributed by atoms with Crippen LogP contribution in [0.3, 0.4) is 0 Å². The first kappa shape index (κ1) is 18.3. The van der Waals surface area contributed by atoms with Crippen LogP contribution in [0, 0.1) is 12.7 Å². The van der Waals surface area contributed by atoms with Gasteiger partial charge in [-0.1, -0.05) is 16.7 Å². The van der Waals surface area contributed by atoms with Crippen molar-refractivity contribution in [1.82, 2.24) is 0 Å². The van der Waals surface area contributed by atoms with Gasteiger partial charge in [0.2, 0.25) is 0 Å². The summed E-state index contributed by atoms with van der Waals surface area (Å²) in [4.78, 5) is 0. The van der Waals surface area contributed by atoms with Crippen molar-refractivity contribution in [2.24, 2.45) is 5.73 Å². The second-order valence-electron chi connectivity index (χ2n) is 7.12. The summed E-state index contributed by atoms with van der Waals surface area (Å²) in [5, 5.41) is 0. The predicted molar refractivity (Wildman–Crippen MR) is 102 cm³/mol. The molecule has 2 nitrogen and oxygen atoms in total. The van der Waals surface area contributed by atoms with Crippen LogP contribution in [0.15, 0.2) is 34.6 Å². The quantitative estimate of drug-likeness (QED) is 0.575. The third-order valence-electron chi connectivity index (χ3n) is 5.01. The second kappa shape index (κ2) is 7.25. The van der Waals surface area contributed by atoms with Crippen LogP contribution in [-0.2, 0) is 6.42 Å². The SMILES string of the molecule is CC(C)=C(C)/C=C(\N)C/C(C)=C1/CCCc2c(C)c(F)cc(N)c21. The van der Waals surface area contributed by atoms with Gasteiger partial charge in [0.15, 0.2) is 0 Å². The normalized spacial score (nSPS) is 16.7. The number of hydrogen-bond acceptors (Lipinski definition) is 2. The summed E-state index contributed by atoms with van der Waals surface area (Å²) in [6.45, 7) is 10.2. The van der Waals surface area contributed by atoms with Gasteiger partial charge in [0.1, 0.15) is 5.82 Å². The van der Waals surface area contributed by atoms with Crippen LogP contribution in [-0.4, -0.2) is 0 Å². The molecule has 0 spiro atoms. The molecule has 0 saturated carbocycles. The molecule has 0 atom stereocenters. The fourth-order valence-electron chi connectivity index (χ4n) is 3.37. The Labute approximate surface area is 145 Å². The molecule has 24 heavy (non-hydrogen) atoms. The van der Waals surface area contributed by atoms with E-state index in [0.717, 1.165) is 48.1 Å². The lowest BCUT2D eigenvalue weighted by Crippen LogP contribution is -2.11. The predicted octanol–water partition coefficient (Wildman–Crippen LogP) is 5.42. The molecule has 0 aliphatic heterocycles. The molecular formula is C21H29FN2. The number of nitrogens with two attached hydrogens (primary N) is 2. The van der Waals surface area contributed by atoms with Crippen molar-refractivity contribution >= 4 is 11.3 Å². The maximum Gasteiger partial charge on any atom is 0.128 e. The van der Waals surface area contributed by atoms with Gasteiger partial charge in [-0.25, -0.2) is 4.39 Å². The molecule has 0 bridgehead atoms. The summed E-state index contributed by atoms with van der Waals surface area (Å²) in [6.07, 6.45) is 5.66. The first-order valence-electron chi connectivity index (χ1n) is 8.59. The second-order valence-corrected chi connectivity index (χ2v) is 7.12. The Kier molecular flexibility index (Phi) is 5.53. The van der Waals surface area contributed by atoms with Crippen molar-refractivity contribution in [3.8, 4) is 0 Å². The number of hydrogen-bond donors (Lipinski definition) is 2. The lowest BCUT2D eigenvalue weighted by molar-refractivity contribution is 0.613. The van der Waals surface area contributed by atoms with E-state index >= 15 is 0 Å². The van der Waals surface area contributed by atoms with Gasteiger partial charge in [0, 0.05) is 23.4 Å². The van der Waals surface area contributed by atoms with Crippen molar-refractivity contribution in [3.05, 3.63) is 57.1 Å². The Morgan fingerprint density at radius 3 is 2.50 bits per heavy atom. The molecular weight excluding hydrogens is 299 g/mol. The molecule has 0 saturated heterocycles. The Bertz CT molecular complexity index is 748. The van der Waals surface area contributed by atoms with E-state index in [0.29, 0.717) is 5.69 Å². The summed E-state index contributed by atoms with van der Waals surface area (Å²) in [5.74, 6) is -0.205. The van der Waals surface area contributed by atoms with Crippen LogP contribution >= 0.6 is 0 Å². The smallest absolute Gasteiger partial charge is 0.128 e. The molecule has 0 fully saturated rings. The average Bonchev–Trinajstić information content (AvgIpc) is 2.51. The third kappa shape index (κ3) is 3.72. The van der Waals surface area contributed by atoms with E-state index in [1.54, 1.807) is 0 Å². The number of halogens is 1. The highest BCUT2D eigenvalue weighted by Crippen LogP contribution is 2.40. The van der Waals surface area contributed by atoms with Crippen molar-refractivity contribution in [2.75, 3.05) is 5.73 Å². The van der Waals surface area contributed by atoms with Gasteiger partial charge in [-0.2, -0.15) is 0 Å². The standard InChI is InChI=1S/C21H29FN2/c1-12(2)13(3)9-16(23)10-14(4)17-7-6-8-18-15(5)19(22)11-20(24)21(17)18/h9,11H,6-8,10,23-24H2,1-5H3/b16-9-,17-14-. The van der Waals surface area contributed by atoms with Gasteiger partial charge < -0.3 is 11.5 Å². The first-order chi connectivity index (χ1) is 11.2. The van der Waals surface area contributed by atoms with E-state index < -0.39 is 0 Å². The highest BCUT2D eigenvalue weighted by atomic mass is 19.1. The van der Waals surface area contributed by atoms with E-state index in [4.69, 9.17) is 11.5 Å². The summed E-state index contributed by atoms with van der Waals surface area (Å²) in [6, 6.07) is 1.46. The topological polar surface area (TPSA) is 52.0 Å². The summed E-state index contributed by atoms with van der Waals surface area (Å²) in [7, 11) is 0. The molecule has 1 aliphatic rings. The summed E-state index contributed by atoms with van der Waals surface area (Å²) < 4.78 is 14.0. The maximum absolute atomic E-state index is 14.0. The van der Waals surface area contributed by atoms with E-state index in [1.807, 2.05) is 13.0 Å². The third-order valence-corrected chi connectivity index (χ3v) is 5.01. The van der Waals surface area contributed by atoms with E-state index in [2.05, 4.69) is 27.7 Å². The zero-order valence-electron chi connectivity index (χ0n) is 15.5. The van der Waals surface area contributed by atoms with E-state index in [1.165, 1.54) is 28.4 Å². The Morgan fingerprint density at radius 1 is 1.21 bits per heavy atom. The minimum Gasteiger partial charge on any atom is -0.402 e. The number of anilines is 1. The summed E-state index contributed by atoms with van der Waals surface area (Å²) in [5.41, 5.74) is 21.6. The van der Waals surface area contributed by atoms with Crippen LogP contribution in [0.4, 0.5) is 10.1 Å². The molecule has 1 aliphatic carbocycles. The van der Waals surface area contributed by atoms with Gasteiger partial charge in [-0.15, -0.1) is 0 Å². The number of benzene rings is 1. The fourth-order valence-corrected chi connectivity index (χ4v) is 3.37. The molecule has 0 heterocycles. The number of rotatable bonds is 3. The van der Waals surface area contributed by atoms with Crippen LogP contribution in [0.25, 0.3) is 5.57 Å². The van der Waals surface area contributed by atoms with E-state index in [9.17, 15) is 4.39 Å². The monoisotopic (exact) mass is 328 g/mol. The highest BCUT2D eigenvalue weighted by Gasteiger charge is 2.22. The molecule has 0 radical (unpaired) electrons. The number of allylic oxidation sites excluding steroid dienone is 5. The Hall–Kier alpha value is -2.03. The molecule has 1 aromatic rings. The summed E-state index contributed by atoms with van der Waals surface area (Å²) >= 11 is 0. The van der Waals surface area contributed by atoms with Crippen LogP contribution in [0.2, 0.25) is 0 Å². The van der Waals surface area contributed by atoms with Crippen LogP contribution < -0.4 is 11.5 Å². The molecule has 3 heteroatoms. The number of nitrogen functional groups attached to an aromatic ring is 1. The molecule has 0 unspecified atom stereocenters. The van der Waals surface area contributed by atoms with Gasteiger partial charge in [-0.3, -0.25) is 0 Å². The Morgan fingerprint density at radius 2 is 1.88 bits per heavy atom. The molecule has 130 valence electrons. The zero-order chi connectivity index (χ0) is 18.0. The lowest BCUT2D eigenvalue weighted by Gasteiger charge is -2.25. The first-order valence-corrected chi connectivity index (χ1v) is 8.59.